The maximum absolute atomic E-state index is 13.1. The highest BCUT2D eigenvalue weighted by Gasteiger charge is 2.45. The van der Waals surface area contributed by atoms with E-state index in [-0.39, 0.29) is 11.3 Å². The Hall–Kier alpha value is -3.97. The molecule has 0 spiro atoms. The summed E-state index contributed by atoms with van der Waals surface area (Å²) in [5.41, 5.74) is 2.24. The van der Waals surface area contributed by atoms with E-state index in [1.165, 1.54) is 4.90 Å². The molecule has 1 N–H and O–H groups in total. The van der Waals surface area contributed by atoms with Crippen LogP contribution in [0.2, 0.25) is 0 Å². The summed E-state index contributed by atoms with van der Waals surface area (Å²) in [6.07, 6.45) is 3.96. The Morgan fingerprint density at radius 3 is 2.43 bits per heavy atom. The van der Waals surface area contributed by atoms with Crippen LogP contribution >= 0.6 is 0 Å². The van der Waals surface area contributed by atoms with E-state index in [0.29, 0.717) is 36.4 Å². The van der Waals surface area contributed by atoms with Crippen molar-refractivity contribution >= 4 is 17.4 Å². The lowest BCUT2D eigenvalue weighted by atomic mass is 9.96. The number of aromatic nitrogens is 1. The van der Waals surface area contributed by atoms with Crippen molar-refractivity contribution in [3.63, 3.8) is 0 Å². The quantitative estimate of drug-likeness (QED) is 0.288. The summed E-state index contributed by atoms with van der Waals surface area (Å²) in [7, 11) is 3.92. The number of benzene rings is 2. The molecule has 7 nitrogen and oxygen atoms in total. The molecule has 3 aromatic rings. The number of aliphatic hydroxyl groups excluding tert-OH is 1. The molecule has 1 fully saturated rings. The number of carbonyl (C=O) groups is 2. The molecule has 0 unspecified atom stereocenters. The van der Waals surface area contributed by atoms with Crippen molar-refractivity contribution < 1.29 is 19.4 Å². The Morgan fingerprint density at radius 1 is 1.03 bits per heavy atom. The van der Waals surface area contributed by atoms with Crippen molar-refractivity contribution in [1.29, 1.82) is 0 Å². The maximum atomic E-state index is 13.1. The number of likely N-dealkylation sites (tertiary alicyclic amines) is 1. The van der Waals surface area contributed by atoms with Crippen molar-refractivity contribution in [3.8, 4) is 5.75 Å². The van der Waals surface area contributed by atoms with Gasteiger partial charge in [0.25, 0.3) is 11.7 Å². The number of pyridine rings is 1. The largest absolute Gasteiger partial charge is 0.507 e. The Morgan fingerprint density at radius 2 is 1.77 bits per heavy atom. The first kappa shape index (κ1) is 24.2. The van der Waals surface area contributed by atoms with Gasteiger partial charge in [-0.3, -0.25) is 14.6 Å². The number of ketones is 1. The fourth-order valence-corrected chi connectivity index (χ4v) is 4.16. The van der Waals surface area contributed by atoms with Crippen LogP contribution in [0.15, 0.2) is 84.7 Å². The van der Waals surface area contributed by atoms with Gasteiger partial charge >= 0.3 is 0 Å². The summed E-state index contributed by atoms with van der Waals surface area (Å²) in [5.74, 6) is -0.868. The lowest BCUT2D eigenvalue weighted by molar-refractivity contribution is -0.139. The molecule has 1 saturated heterocycles. The van der Waals surface area contributed by atoms with Crippen LogP contribution in [0.25, 0.3) is 5.76 Å². The van der Waals surface area contributed by atoms with Gasteiger partial charge in [0.05, 0.1) is 11.6 Å². The van der Waals surface area contributed by atoms with Crippen LogP contribution in [0.5, 0.6) is 5.75 Å². The predicted octanol–water partition coefficient (Wildman–Crippen LogP) is 4.03. The molecule has 2 aromatic carbocycles. The average molecular weight is 472 g/mol. The maximum Gasteiger partial charge on any atom is 0.295 e. The number of carbonyl (C=O) groups excluding carboxylic acids is 2. The van der Waals surface area contributed by atoms with Gasteiger partial charge in [0, 0.05) is 24.5 Å². The van der Waals surface area contributed by atoms with Crippen LogP contribution in [0.4, 0.5) is 0 Å². The van der Waals surface area contributed by atoms with Gasteiger partial charge in [-0.05, 0) is 68.5 Å². The zero-order valence-electron chi connectivity index (χ0n) is 19.9. The van der Waals surface area contributed by atoms with Crippen LogP contribution in [0.1, 0.15) is 29.2 Å². The van der Waals surface area contributed by atoms with Gasteiger partial charge in [-0.1, -0.05) is 36.4 Å². The number of ether oxygens (including phenoxy) is 1. The molecule has 2 heterocycles. The first-order valence-corrected chi connectivity index (χ1v) is 11.6. The molecule has 0 radical (unpaired) electrons. The molecule has 0 aliphatic carbocycles. The minimum Gasteiger partial charge on any atom is -0.507 e. The van der Waals surface area contributed by atoms with Gasteiger partial charge in [-0.25, -0.2) is 0 Å². The third-order valence-corrected chi connectivity index (χ3v) is 5.92. The summed E-state index contributed by atoms with van der Waals surface area (Å²) >= 11 is 0. The summed E-state index contributed by atoms with van der Waals surface area (Å²) < 4.78 is 5.82. The Labute approximate surface area is 205 Å². The summed E-state index contributed by atoms with van der Waals surface area (Å²) in [6.45, 7) is 1.59. The molecule has 35 heavy (non-hydrogen) atoms. The molecule has 0 bridgehead atoms. The fourth-order valence-electron chi connectivity index (χ4n) is 4.16. The zero-order valence-corrected chi connectivity index (χ0v) is 19.9. The van der Waals surface area contributed by atoms with Crippen molar-refractivity contribution in [2.45, 2.75) is 19.1 Å². The second-order valence-electron chi connectivity index (χ2n) is 8.73. The summed E-state index contributed by atoms with van der Waals surface area (Å²) in [6, 6.07) is 19.6. The van der Waals surface area contributed by atoms with E-state index < -0.39 is 17.7 Å². The van der Waals surface area contributed by atoms with E-state index in [9.17, 15) is 14.7 Å². The highest BCUT2D eigenvalue weighted by atomic mass is 16.5. The molecule has 180 valence electrons. The van der Waals surface area contributed by atoms with Gasteiger partial charge in [-0.15, -0.1) is 0 Å². The zero-order chi connectivity index (χ0) is 24.8. The molecule has 1 aliphatic rings. The number of aliphatic hydroxyl groups is 1. The van der Waals surface area contributed by atoms with Crippen molar-refractivity contribution in [1.82, 2.24) is 14.8 Å². The highest BCUT2D eigenvalue weighted by molar-refractivity contribution is 6.46. The Balaban J connectivity index is 1.61. The lowest BCUT2D eigenvalue weighted by Crippen LogP contribution is -2.32. The number of Topliss-reactive ketones (excluding diaryl/α,β-unsaturated/α-hetero) is 1. The van der Waals surface area contributed by atoms with Crippen LogP contribution < -0.4 is 4.74 Å². The first-order valence-electron chi connectivity index (χ1n) is 11.6. The highest BCUT2D eigenvalue weighted by Crippen LogP contribution is 2.39. The van der Waals surface area contributed by atoms with Crippen molar-refractivity contribution in [3.05, 3.63) is 101 Å². The first-order chi connectivity index (χ1) is 17.0. The third kappa shape index (κ3) is 5.58. The smallest absolute Gasteiger partial charge is 0.295 e. The van der Waals surface area contributed by atoms with Crippen molar-refractivity contribution in [2.24, 2.45) is 0 Å². The lowest BCUT2D eigenvalue weighted by Gasteiger charge is -2.25. The summed E-state index contributed by atoms with van der Waals surface area (Å²) in [4.78, 5) is 33.8. The van der Waals surface area contributed by atoms with Crippen molar-refractivity contribution in [2.75, 3.05) is 27.2 Å². The number of nitrogens with zero attached hydrogens (tertiary/aromatic N) is 3. The molecule has 1 aliphatic heterocycles. The molecular weight excluding hydrogens is 442 g/mol. The fraction of sp³-hybridized carbons (Fsp3) is 0.250. The predicted molar refractivity (Wildman–Crippen MR) is 134 cm³/mol. The number of hydrogen-bond donors (Lipinski definition) is 1. The second-order valence-corrected chi connectivity index (χ2v) is 8.73. The topological polar surface area (TPSA) is 83.0 Å². The molecule has 0 saturated carbocycles. The van der Waals surface area contributed by atoms with Gasteiger partial charge in [0.1, 0.15) is 18.1 Å². The van der Waals surface area contributed by atoms with E-state index in [0.717, 1.165) is 12.1 Å². The van der Waals surface area contributed by atoms with Gasteiger partial charge < -0.3 is 19.6 Å². The van der Waals surface area contributed by atoms with E-state index in [1.807, 2.05) is 55.4 Å². The molecule has 7 heteroatoms. The minimum atomic E-state index is -0.695. The van der Waals surface area contributed by atoms with Crippen LogP contribution in [-0.4, -0.2) is 58.8 Å². The minimum absolute atomic E-state index is 0.0748. The van der Waals surface area contributed by atoms with Crippen LogP contribution in [-0.2, 0) is 16.2 Å². The van der Waals surface area contributed by atoms with Gasteiger partial charge in [0.2, 0.25) is 0 Å². The second kappa shape index (κ2) is 11.0. The van der Waals surface area contributed by atoms with E-state index in [1.54, 1.807) is 42.7 Å². The van der Waals surface area contributed by atoms with Crippen LogP contribution in [0.3, 0.4) is 0 Å². The van der Waals surface area contributed by atoms with Gasteiger partial charge in [0.15, 0.2) is 0 Å². The molecule has 1 aromatic heterocycles. The monoisotopic (exact) mass is 471 g/mol. The third-order valence-electron chi connectivity index (χ3n) is 5.92. The van der Waals surface area contributed by atoms with E-state index in [4.69, 9.17) is 4.74 Å². The summed E-state index contributed by atoms with van der Waals surface area (Å²) in [5, 5.41) is 11.2. The molecule has 1 atom stereocenters. The number of rotatable bonds is 9. The molecular formula is C28H29N3O4. The standard InChI is InChI=1S/C28H29N3O4/c1-30(2)16-7-17-31-25(22-10-6-15-29-18-22)24(27(33)28(31)34)26(32)21-11-13-23(14-12-21)35-19-20-8-4-3-5-9-20/h3-6,8-15,18,25,32H,7,16-17,19H2,1-2H3/b26-24+/t25-/m0/s1. The number of amides is 1. The Bertz CT molecular complexity index is 1190. The Kier molecular flexibility index (Phi) is 7.57. The van der Waals surface area contributed by atoms with E-state index in [2.05, 4.69) is 4.98 Å². The normalized spacial score (nSPS) is 17.2. The van der Waals surface area contributed by atoms with Crippen LogP contribution in [0, 0.1) is 0 Å². The van der Waals surface area contributed by atoms with Gasteiger partial charge in [-0.2, -0.15) is 0 Å². The SMILES string of the molecule is CN(C)CCCN1C(=O)C(=O)/C(=C(/O)c2ccc(OCc3ccccc3)cc2)[C@@H]1c1cccnc1. The molecule has 4 rings (SSSR count). The molecule has 1 amide bonds. The number of hydrogen-bond acceptors (Lipinski definition) is 6. The van der Waals surface area contributed by atoms with E-state index >= 15 is 0 Å². The average Bonchev–Trinajstić information content (AvgIpc) is 3.13.